The highest BCUT2D eigenvalue weighted by molar-refractivity contribution is 5.79. The summed E-state index contributed by atoms with van der Waals surface area (Å²) < 4.78 is 39.9. The monoisotopic (exact) mass is 232 g/mol. The van der Waals surface area contributed by atoms with Gasteiger partial charge in [0.2, 0.25) is 6.61 Å². The van der Waals surface area contributed by atoms with Crippen molar-refractivity contribution in [2.24, 2.45) is 5.16 Å². The Bertz CT molecular complexity index is 363. The minimum absolute atomic E-state index is 0.474. The minimum Gasteiger partial charge on any atom is -0.497 e. The van der Waals surface area contributed by atoms with E-state index in [0.29, 0.717) is 11.3 Å². The first-order valence-electron chi connectivity index (χ1n) is 4.30. The topological polar surface area (TPSA) is 30.8 Å². The molecular weight excluding hydrogens is 223 g/mol. The minimum atomic E-state index is -4.39. The number of nitrogens with zero attached hydrogens (tertiary/aromatic N) is 1. The van der Waals surface area contributed by atoms with Crippen LogP contribution in [0.4, 0.5) is 13.2 Å². The molecule has 0 saturated heterocycles. The van der Waals surface area contributed by atoms with Crippen LogP contribution in [0.5, 0.6) is 5.75 Å². The third-order valence-electron chi connectivity index (χ3n) is 1.54. The standard InChI is InChI=1S/C10H9F3NO2/c1-15-9-4-2-3-8(5-9)6-14-16-7-10(11,12)13/h2-5H,7H2,1H3. The predicted molar refractivity (Wildman–Crippen MR) is 51.5 cm³/mol. The molecule has 0 saturated carbocycles. The van der Waals surface area contributed by atoms with Gasteiger partial charge in [-0.05, 0) is 12.1 Å². The van der Waals surface area contributed by atoms with E-state index in [-0.39, 0.29) is 0 Å². The van der Waals surface area contributed by atoms with Crippen LogP contribution in [-0.2, 0) is 4.84 Å². The van der Waals surface area contributed by atoms with Gasteiger partial charge in [0.05, 0.1) is 7.11 Å². The lowest BCUT2D eigenvalue weighted by atomic mass is 10.2. The second-order valence-corrected chi connectivity index (χ2v) is 2.82. The lowest BCUT2D eigenvalue weighted by Crippen LogP contribution is -2.14. The van der Waals surface area contributed by atoms with Crippen molar-refractivity contribution in [3.8, 4) is 5.75 Å². The first kappa shape index (κ1) is 12.4. The van der Waals surface area contributed by atoms with Crippen LogP contribution < -0.4 is 4.74 Å². The van der Waals surface area contributed by atoms with Gasteiger partial charge in [-0.1, -0.05) is 17.3 Å². The molecule has 0 bridgehead atoms. The molecule has 1 radical (unpaired) electrons. The van der Waals surface area contributed by atoms with E-state index in [1.165, 1.54) is 7.11 Å². The van der Waals surface area contributed by atoms with Crippen LogP contribution in [0.1, 0.15) is 5.56 Å². The zero-order valence-corrected chi connectivity index (χ0v) is 8.41. The highest BCUT2D eigenvalue weighted by Crippen LogP contribution is 2.14. The fourth-order valence-electron chi connectivity index (χ4n) is 0.883. The fraction of sp³-hybridized carbons (Fsp3) is 0.300. The molecule has 0 aliphatic carbocycles. The van der Waals surface area contributed by atoms with Crippen molar-refractivity contribution in [2.45, 2.75) is 6.18 Å². The SMILES string of the molecule is COc1cccc(/[C]=N\OCC(F)(F)F)c1. The average Bonchev–Trinajstić information content (AvgIpc) is 2.23. The van der Waals surface area contributed by atoms with Crippen LogP contribution in [0.3, 0.4) is 0 Å². The maximum atomic E-state index is 11.7. The molecule has 0 heterocycles. The third-order valence-corrected chi connectivity index (χ3v) is 1.54. The number of hydrogen-bond acceptors (Lipinski definition) is 3. The second kappa shape index (κ2) is 5.39. The Balaban J connectivity index is 2.49. The van der Waals surface area contributed by atoms with E-state index in [4.69, 9.17) is 4.74 Å². The molecule has 0 fully saturated rings. The summed E-state index contributed by atoms with van der Waals surface area (Å²) in [7, 11) is 1.48. The summed E-state index contributed by atoms with van der Waals surface area (Å²) >= 11 is 0. The van der Waals surface area contributed by atoms with E-state index in [1.54, 1.807) is 24.3 Å². The van der Waals surface area contributed by atoms with Gasteiger partial charge in [0.15, 0.2) is 0 Å². The van der Waals surface area contributed by atoms with Crippen molar-refractivity contribution in [3.05, 3.63) is 29.8 Å². The Morgan fingerprint density at radius 2 is 2.12 bits per heavy atom. The first-order valence-corrected chi connectivity index (χ1v) is 4.30. The maximum Gasteiger partial charge on any atom is 0.425 e. The number of methoxy groups -OCH3 is 1. The second-order valence-electron chi connectivity index (χ2n) is 2.82. The average molecular weight is 232 g/mol. The number of alkyl halides is 3. The van der Waals surface area contributed by atoms with E-state index in [2.05, 4.69) is 16.2 Å². The van der Waals surface area contributed by atoms with Crippen molar-refractivity contribution in [1.29, 1.82) is 0 Å². The van der Waals surface area contributed by atoms with Gasteiger partial charge >= 0.3 is 6.18 Å². The quantitative estimate of drug-likeness (QED) is 0.589. The Morgan fingerprint density at radius 1 is 1.38 bits per heavy atom. The van der Waals surface area contributed by atoms with E-state index in [9.17, 15) is 13.2 Å². The van der Waals surface area contributed by atoms with Crippen molar-refractivity contribution in [2.75, 3.05) is 13.7 Å². The van der Waals surface area contributed by atoms with Crippen molar-refractivity contribution >= 4 is 6.21 Å². The largest absolute Gasteiger partial charge is 0.497 e. The summed E-state index contributed by atoms with van der Waals surface area (Å²) in [5.74, 6) is 0.566. The molecule has 0 aliphatic rings. The third kappa shape index (κ3) is 4.68. The molecule has 16 heavy (non-hydrogen) atoms. The Kier molecular flexibility index (Phi) is 4.16. The molecule has 0 atom stereocenters. The molecule has 0 unspecified atom stereocenters. The summed E-state index contributed by atoms with van der Waals surface area (Å²) in [6.45, 7) is -1.43. The van der Waals surface area contributed by atoms with E-state index < -0.39 is 12.8 Å². The molecule has 0 amide bonds. The van der Waals surface area contributed by atoms with Gasteiger partial charge in [-0.15, -0.1) is 0 Å². The number of halogens is 3. The lowest BCUT2D eigenvalue weighted by Gasteiger charge is -2.03. The molecule has 1 aromatic carbocycles. The van der Waals surface area contributed by atoms with Crippen LogP contribution in [0.15, 0.2) is 29.4 Å². The zero-order chi connectivity index (χ0) is 12.0. The van der Waals surface area contributed by atoms with Gasteiger partial charge in [-0.3, -0.25) is 0 Å². The summed E-state index contributed by atoms with van der Waals surface area (Å²) in [6.07, 6.45) is -2.07. The van der Waals surface area contributed by atoms with Crippen molar-refractivity contribution < 1.29 is 22.7 Å². The fourth-order valence-corrected chi connectivity index (χ4v) is 0.883. The molecule has 0 aliphatic heterocycles. The van der Waals surface area contributed by atoms with Crippen LogP contribution >= 0.6 is 0 Å². The molecule has 0 aromatic heterocycles. The van der Waals surface area contributed by atoms with Gasteiger partial charge in [-0.25, -0.2) is 0 Å². The molecule has 3 nitrogen and oxygen atoms in total. The number of ether oxygens (including phenoxy) is 1. The van der Waals surface area contributed by atoms with Crippen LogP contribution in [0.25, 0.3) is 0 Å². The zero-order valence-electron chi connectivity index (χ0n) is 8.41. The number of hydrogen-bond donors (Lipinski definition) is 0. The van der Waals surface area contributed by atoms with Gasteiger partial charge in [-0.2, -0.15) is 13.2 Å². The van der Waals surface area contributed by atoms with E-state index >= 15 is 0 Å². The molecule has 1 aromatic rings. The van der Waals surface area contributed by atoms with Gasteiger partial charge in [0, 0.05) is 5.56 Å². The highest BCUT2D eigenvalue weighted by atomic mass is 19.4. The van der Waals surface area contributed by atoms with Crippen LogP contribution in [-0.4, -0.2) is 26.1 Å². The molecule has 0 N–H and O–H groups in total. The number of benzene rings is 1. The Labute approximate surface area is 90.5 Å². The first-order chi connectivity index (χ1) is 7.51. The molecule has 6 heteroatoms. The summed E-state index contributed by atoms with van der Waals surface area (Å²) in [5, 5.41) is 3.08. The predicted octanol–water partition coefficient (Wildman–Crippen LogP) is 2.49. The van der Waals surface area contributed by atoms with Crippen LogP contribution in [0.2, 0.25) is 0 Å². The van der Waals surface area contributed by atoms with Crippen molar-refractivity contribution in [1.82, 2.24) is 0 Å². The Hall–Kier alpha value is -1.72. The van der Waals surface area contributed by atoms with Gasteiger partial charge < -0.3 is 9.57 Å². The van der Waals surface area contributed by atoms with Crippen molar-refractivity contribution in [3.63, 3.8) is 0 Å². The molecule has 0 spiro atoms. The van der Waals surface area contributed by atoms with E-state index in [0.717, 1.165) is 0 Å². The summed E-state index contributed by atoms with van der Waals surface area (Å²) in [6, 6.07) is 6.55. The Morgan fingerprint density at radius 3 is 2.75 bits per heavy atom. The molecule has 1 rings (SSSR count). The van der Waals surface area contributed by atoms with E-state index in [1.807, 2.05) is 0 Å². The summed E-state index contributed by atoms with van der Waals surface area (Å²) in [4.78, 5) is 4.02. The molecular formula is C10H9F3NO2. The number of rotatable bonds is 4. The lowest BCUT2D eigenvalue weighted by molar-refractivity contribution is -0.173. The highest BCUT2D eigenvalue weighted by Gasteiger charge is 2.28. The summed E-state index contributed by atoms with van der Waals surface area (Å²) in [5.41, 5.74) is 0.474. The van der Waals surface area contributed by atoms with Gasteiger partial charge in [0.1, 0.15) is 12.0 Å². The van der Waals surface area contributed by atoms with Crippen LogP contribution in [0, 0.1) is 0 Å². The van der Waals surface area contributed by atoms with Gasteiger partial charge in [0.25, 0.3) is 0 Å². The smallest absolute Gasteiger partial charge is 0.425 e. The maximum absolute atomic E-state index is 11.7. The molecule has 87 valence electrons. The normalized spacial score (nSPS) is 11.8.